The molecule has 11 nitrogen and oxygen atoms in total. The van der Waals surface area contributed by atoms with E-state index in [9.17, 15) is 19.2 Å². The molecule has 0 spiro atoms. The zero-order valence-corrected chi connectivity index (χ0v) is 11.6. The summed E-state index contributed by atoms with van der Waals surface area (Å²) in [6.45, 7) is 0. The van der Waals surface area contributed by atoms with Crippen LogP contribution in [0.3, 0.4) is 0 Å². The minimum Gasteiger partial charge on any atom is -0.481 e. The number of carboxylic acids is 4. The Kier molecular flexibility index (Phi) is 8.28. The minimum atomic E-state index is -1.92. The third-order valence-corrected chi connectivity index (χ3v) is 2.76. The molecule has 10 N–H and O–H groups in total. The molecule has 0 bridgehead atoms. The zero-order valence-electron chi connectivity index (χ0n) is 11.6. The van der Waals surface area contributed by atoms with Crippen LogP contribution in [0.1, 0.15) is 32.1 Å². The van der Waals surface area contributed by atoms with Gasteiger partial charge in [0.05, 0.1) is 31.3 Å². The molecule has 128 valence electrons. The Balaban J connectivity index is 0. The standard InChI is InChI=1S/C11H18N2O8.H2O/c12-11(13,4-9(20)21)5-10(1-6(14)15,2-7(16)17)3-8(18)19;/h1-5,12-13H2,(H,14,15)(H,16,17)(H,18,19)(H,20,21);1H2. The molecule has 0 radical (unpaired) electrons. The summed E-state index contributed by atoms with van der Waals surface area (Å²) in [5.74, 6) is -5.65. The van der Waals surface area contributed by atoms with Gasteiger partial charge in [0, 0.05) is 5.41 Å². The lowest BCUT2D eigenvalue weighted by molar-refractivity contribution is -0.148. The molecule has 0 heterocycles. The second kappa shape index (κ2) is 8.26. The van der Waals surface area contributed by atoms with Gasteiger partial charge in [0.1, 0.15) is 0 Å². The summed E-state index contributed by atoms with van der Waals surface area (Å²) < 4.78 is 0. The molecule has 0 aliphatic heterocycles. The van der Waals surface area contributed by atoms with E-state index in [0.717, 1.165) is 0 Å². The van der Waals surface area contributed by atoms with Crippen molar-refractivity contribution in [1.29, 1.82) is 0 Å². The first-order chi connectivity index (χ1) is 9.37. The Morgan fingerprint density at radius 3 is 1.18 bits per heavy atom. The highest BCUT2D eigenvalue weighted by molar-refractivity contribution is 5.76. The van der Waals surface area contributed by atoms with E-state index in [0.29, 0.717) is 0 Å². The molecule has 0 amide bonds. The van der Waals surface area contributed by atoms with Crippen molar-refractivity contribution >= 4 is 23.9 Å². The summed E-state index contributed by atoms with van der Waals surface area (Å²) in [7, 11) is 0. The summed E-state index contributed by atoms with van der Waals surface area (Å²) in [6.07, 6.45) is -3.74. The SMILES string of the molecule is NC(N)(CC(=O)O)CC(CC(=O)O)(CC(=O)O)CC(=O)O.O. The summed E-state index contributed by atoms with van der Waals surface area (Å²) in [6, 6.07) is 0. The largest absolute Gasteiger partial charge is 0.481 e. The van der Waals surface area contributed by atoms with Gasteiger partial charge in [0.25, 0.3) is 0 Å². The molecule has 0 unspecified atom stereocenters. The van der Waals surface area contributed by atoms with Gasteiger partial charge in [-0.15, -0.1) is 0 Å². The molecule has 11 heteroatoms. The van der Waals surface area contributed by atoms with E-state index in [2.05, 4.69) is 0 Å². The van der Waals surface area contributed by atoms with Crippen LogP contribution < -0.4 is 11.5 Å². The quantitative estimate of drug-likeness (QED) is 0.243. The van der Waals surface area contributed by atoms with Crippen LogP contribution in [0.2, 0.25) is 0 Å². The molecule has 0 fully saturated rings. The zero-order chi connectivity index (χ0) is 16.8. The lowest BCUT2D eigenvalue weighted by Crippen LogP contribution is -2.55. The second-order valence-corrected chi connectivity index (χ2v) is 5.19. The maximum atomic E-state index is 10.9. The third-order valence-electron chi connectivity index (χ3n) is 2.76. The Hall–Kier alpha value is -2.24. The summed E-state index contributed by atoms with van der Waals surface area (Å²) >= 11 is 0. The van der Waals surface area contributed by atoms with Crippen molar-refractivity contribution in [2.45, 2.75) is 37.8 Å². The van der Waals surface area contributed by atoms with Crippen molar-refractivity contribution in [1.82, 2.24) is 0 Å². The van der Waals surface area contributed by atoms with Crippen LogP contribution in [-0.4, -0.2) is 55.4 Å². The van der Waals surface area contributed by atoms with Crippen LogP contribution in [0, 0.1) is 5.41 Å². The van der Waals surface area contributed by atoms with E-state index in [1.165, 1.54) is 0 Å². The Bertz CT molecular complexity index is 406. The molecule has 0 aliphatic rings. The van der Waals surface area contributed by atoms with E-state index in [1.54, 1.807) is 0 Å². The van der Waals surface area contributed by atoms with Gasteiger partial charge in [-0.05, 0) is 6.42 Å². The maximum Gasteiger partial charge on any atom is 0.306 e. The molecular formula is C11H20N2O9. The smallest absolute Gasteiger partial charge is 0.306 e. The van der Waals surface area contributed by atoms with Gasteiger partial charge in [0.2, 0.25) is 0 Å². The molecule has 0 aliphatic carbocycles. The molecule has 0 aromatic rings. The van der Waals surface area contributed by atoms with E-state index in [4.69, 9.17) is 31.9 Å². The molecule has 22 heavy (non-hydrogen) atoms. The number of rotatable bonds is 10. The van der Waals surface area contributed by atoms with E-state index in [1.807, 2.05) is 0 Å². The molecule has 0 rings (SSSR count). The first-order valence-electron chi connectivity index (χ1n) is 5.82. The maximum absolute atomic E-state index is 10.9. The van der Waals surface area contributed by atoms with Crippen LogP contribution in [-0.2, 0) is 19.2 Å². The topological polar surface area (TPSA) is 233 Å². The Morgan fingerprint density at radius 2 is 0.955 bits per heavy atom. The van der Waals surface area contributed by atoms with Crippen molar-refractivity contribution in [3.8, 4) is 0 Å². The Morgan fingerprint density at radius 1 is 0.682 bits per heavy atom. The number of carbonyl (C=O) groups is 4. The van der Waals surface area contributed by atoms with Crippen molar-refractivity contribution in [3.63, 3.8) is 0 Å². The van der Waals surface area contributed by atoms with Gasteiger partial charge in [0.15, 0.2) is 0 Å². The third kappa shape index (κ3) is 8.84. The highest BCUT2D eigenvalue weighted by atomic mass is 16.4. The number of carboxylic acid groups (broad SMARTS) is 4. The Labute approximate surface area is 124 Å². The number of aliphatic carboxylic acids is 4. The van der Waals surface area contributed by atoms with Crippen molar-refractivity contribution in [3.05, 3.63) is 0 Å². The first-order valence-corrected chi connectivity index (χ1v) is 5.82. The molecule has 0 aromatic carbocycles. The molecule has 0 atom stereocenters. The van der Waals surface area contributed by atoms with Crippen LogP contribution in [0.25, 0.3) is 0 Å². The predicted octanol–water partition coefficient (Wildman–Crippen LogP) is -1.95. The van der Waals surface area contributed by atoms with E-state index >= 15 is 0 Å². The van der Waals surface area contributed by atoms with Crippen LogP contribution in [0.15, 0.2) is 0 Å². The second-order valence-electron chi connectivity index (χ2n) is 5.19. The molecule has 0 saturated heterocycles. The summed E-state index contributed by atoms with van der Waals surface area (Å²) in [5, 5.41) is 35.3. The number of nitrogens with two attached hydrogens (primary N) is 2. The highest BCUT2D eigenvalue weighted by Gasteiger charge is 2.43. The van der Waals surface area contributed by atoms with Crippen LogP contribution in [0.4, 0.5) is 0 Å². The summed E-state index contributed by atoms with van der Waals surface area (Å²) in [4.78, 5) is 43.4. The number of hydrogen-bond donors (Lipinski definition) is 6. The molecular weight excluding hydrogens is 304 g/mol. The molecule has 0 aromatic heterocycles. The van der Waals surface area contributed by atoms with Crippen LogP contribution >= 0.6 is 0 Å². The lowest BCUT2D eigenvalue weighted by atomic mass is 9.71. The average molecular weight is 324 g/mol. The van der Waals surface area contributed by atoms with Gasteiger partial charge < -0.3 is 37.4 Å². The monoisotopic (exact) mass is 324 g/mol. The number of hydrogen-bond acceptors (Lipinski definition) is 6. The summed E-state index contributed by atoms with van der Waals surface area (Å²) in [5.41, 5.74) is 7.40. The van der Waals surface area contributed by atoms with Gasteiger partial charge in [-0.3, -0.25) is 19.2 Å². The van der Waals surface area contributed by atoms with Gasteiger partial charge in [-0.2, -0.15) is 0 Å². The van der Waals surface area contributed by atoms with Gasteiger partial charge in [-0.1, -0.05) is 0 Å². The fourth-order valence-corrected chi connectivity index (χ4v) is 2.38. The average Bonchev–Trinajstić information content (AvgIpc) is 2.07. The van der Waals surface area contributed by atoms with E-state index in [-0.39, 0.29) is 5.48 Å². The fraction of sp³-hybridized carbons (Fsp3) is 0.636. The van der Waals surface area contributed by atoms with Gasteiger partial charge in [-0.25, -0.2) is 0 Å². The minimum absolute atomic E-state index is 0. The highest BCUT2D eigenvalue weighted by Crippen LogP contribution is 2.38. The normalized spacial score (nSPS) is 11.4. The van der Waals surface area contributed by atoms with Crippen molar-refractivity contribution in [2.24, 2.45) is 16.9 Å². The van der Waals surface area contributed by atoms with Gasteiger partial charge >= 0.3 is 23.9 Å². The predicted molar refractivity (Wildman–Crippen MR) is 70.8 cm³/mol. The first kappa shape index (κ1) is 22.0. The fourth-order valence-electron chi connectivity index (χ4n) is 2.38. The van der Waals surface area contributed by atoms with Crippen LogP contribution in [0.5, 0.6) is 0 Å². The lowest BCUT2D eigenvalue weighted by Gasteiger charge is -2.36. The van der Waals surface area contributed by atoms with Crippen molar-refractivity contribution in [2.75, 3.05) is 0 Å². The molecule has 0 saturated carbocycles. The van der Waals surface area contributed by atoms with E-state index < -0.39 is 67.1 Å². The van der Waals surface area contributed by atoms with Crippen molar-refractivity contribution < 1.29 is 45.1 Å².